The largest absolute Gasteiger partial charge is 0.497 e. The van der Waals surface area contributed by atoms with Crippen molar-refractivity contribution in [3.63, 3.8) is 0 Å². The summed E-state index contributed by atoms with van der Waals surface area (Å²) in [7, 11) is 0.712. The summed E-state index contributed by atoms with van der Waals surface area (Å²) in [5, 5.41) is 0. The SMILES string of the molecule is COc1ccc(N(CC(=O)N2CCc3cc(OC)c(OC)cc3C2)S(=O)(=O)c2ccccc2)cc1. The Kier molecular flexibility index (Phi) is 7.16. The van der Waals surface area contributed by atoms with Crippen molar-refractivity contribution in [3.05, 3.63) is 77.9 Å². The minimum absolute atomic E-state index is 0.115. The summed E-state index contributed by atoms with van der Waals surface area (Å²) in [5.74, 6) is 1.53. The number of carbonyl (C=O) groups is 1. The Morgan fingerprint density at radius 3 is 2.11 bits per heavy atom. The number of anilines is 1. The third-order valence-corrected chi connectivity index (χ3v) is 7.83. The number of carbonyl (C=O) groups excluding carboxylic acids is 1. The van der Waals surface area contributed by atoms with Gasteiger partial charge in [-0.3, -0.25) is 9.10 Å². The van der Waals surface area contributed by atoms with Gasteiger partial charge in [0.15, 0.2) is 11.5 Å². The smallest absolute Gasteiger partial charge is 0.264 e. The standard InChI is InChI=1S/C26H28N2O6S/c1-32-22-11-9-21(10-12-22)28(35(30,31)23-7-5-4-6-8-23)18-26(29)27-14-13-19-15-24(33-2)25(34-3)16-20(19)17-27/h4-12,15-16H,13-14,17-18H2,1-3H3. The first-order chi connectivity index (χ1) is 16.9. The highest BCUT2D eigenvalue weighted by Crippen LogP contribution is 2.33. The first-order valence-electron chi connectivity index (χ1n) is 11.1. The van der Waals surface area contributed by atoms with E-state index in [1.54, 1.807) is 61.6 Å². The van der Waals surface area contributed by atoms with Crippen molar-refractivity contribution in [2.75, 3.05) is 38.7 Å². The van der Waals surface area contributed by atoms with E-state index in [0.717, 1.165) is 15.4 Å². The Balaban J connectivity index is 1.62. The first kappa shape index (κ1) is 24.4. The Morgan fingerprint density at radius 1 is 0.886 bits per heavy atom. The summed E-state index contributed by atoms with van der Waals surface area (Å²) >= 11 is 0. The molecule has 0 atom stereocenters. The molecule has 1 aliphatic rings. The molecule has 0 saturated carbocycles. The molecule has 9 heteroatoms. The zero-order valence-corrected chi connectivity index (χ0v) is 20.7. The lowest BCUT2D eigenvalue weighted by molar-refractivity contribution is -0.130. The minimum Gasteiger partial charge on any atom is -0.497 e. The van der Waals surface area contributed by atoms with Crippen LogP contribution < -0.4 is 18.5 Å². The van der Waals surface area contributed by atoms with Crippen LogP contribution in [0.1, 0.15) is 11.1 Å². The van der Waals surface area contributed by atoms with E-state index >= 15 is 0 Å². The second kappa shape index (κ2) is 10.3. The van der Waals surface area contributed by atoms with Gasteiger partial charge in [-0.05, 0) is 66.1 Å². The fourth-order valence-corrected chi connectivity index (χ4v) is 5.54. The summed E-state index contributed by atoms with van der Waals surface area (Å²) < 4.78 is 44.2. The van der Waals surface area contributed by atoms with Crippen LogP contribution in [-0.4, -0.2) is 53.6 Å². The van der Waals surface area contributed by atoms with Crippen LogP contribution in [-0.2, 0) is 27.8 Å². The number of rotatable bonds is 8. The van der Waals surface area contributed by atoms with E-state index in [4.69, 9.17) is 14.2 Å². The first-order valence-corrected chi connectivity index (χ1v) is 12.5. The average molecular weight is 497 g/mol. The number of nitrogens with zero attached hydrogens (tertiary/aromatic N) is 2. The molecule has 35 heavy (non-hydrogen) atoms. The predicted molar refractivity (Wildman–Crippen MR) is 133 cm³/mol. The highest BCUT2D eigenvalue weighted by atomic mass is 32.2. The molecule has 1 amide bonds. The maximum Gasteiger partial charge on any atom is 0.264 e. The summed E-state index contributed by atoms with van der Waals surface area (Å²) in [4.78, 5) is 15.2. The normalized spacial score (nSPS) is 13.1. The molecule has 3 aromatic carbocycles. The highest BCUT2D eigenvalue weighted by molar-refractivity contribution is 7.92. The number of sulfonamides is 1. The van der Waals surface area contributed by atoms with Crippen LogP contribution in [0.5, 0.6) is 17.2 Å². The number of fused-ring (bicyclic) bond motifs is 1. The van der Waals surface area contributed by atoms with Crippen molar-refractivity contribution >= 4 is 21.6 Å². The molecule has 0 bridgehead atoms. The second-order valence-corrected chi connectivity index (χ2v) is 9.93. The molecular weight excluding hydrogens is 468 g/mol. The molecule has 0 unspecified atom stereocenters. The zero-order valence-electron chi connectivity index (χ0n) is 19.9. The molecule has 4 rings (SSSR count). The van der Waals surface area contributed by atoms with Gasteiger partial charge in [0, 0.05) is 13.1 Å². The number of benzene rings is 3. The van der Waals surface area contributed by atoms with E-state index in [1.807, 2.05) is 12.1 Å². The number of amides is 1. The molecule has 0 saturated heterocycles. The third kappa shape index (κ3) is 5.05. The van der Waals surface area contributed by atoms with Crippen LogP contribution in [0.25, 0.3) is 0 Å². The lowest BCUT2D eigenvalue weighted by Gasteiger charge is -2.32. The quantitative estimate of drug-likeness (QED) is 0.475. The van der Waals surface area contributed by atoms with Crippen molar-refractivity contribution < 1.29 is 27.4 Å². The molecule has 1 aliphatic heterocycles. The van der Waals surface area contributed by atoms with Crippen molar-refractivity contribution in [2.24, 2.45) is 0 Å². The highest BCUT2D eigenvalue weighted by Gasteiger charge is 2.30. The van der Waals surface area contributed by atoms with E-state index in [-0.39, 0.29) is 17.3 Å². The van der Waals surface area contributed by atoms with Crippen LogP contribution >= 0.6 is 0 Å². The number of methoxy groups -OCH3 is 3. The fraction of sp³-hybridized carbons (Fsp3) is 0.269. The Hall–Kier alpha value is -3.72. The molecule has 0 radical (unpaired) electrons. The van der Waals surface area contributed by atoms with Crippen LogP contribution in [0, 0.1) is 0 Å². The fourth-order valence-electron chi connectivity index (χ4n) is 4.10. The van der Waals surface area contributed by atoms with Gasteiger partial charge in [0.25, 0.3) is 10.0 Å². The molecule has 8 nitrogen and oxygen atoms in total. The summed E-state index contributed by atoms with van der Waals surface area (Å²) in [5.41, 5.74) is 2.41. The molecule has 0 spiro atoms. The number of hydrogen-bond acceptors (Lipinski definition) is 6. The zero-order chi connectivity index (χ0) is 25.0. The van der Waals surface area contributed by atoms with Gasteiger partial charge >= 0.3 is 0 Å². The van der Waals surface area contributed by atoms with Crippen LogP contribution in [0.2, 0.25) is 0 Å². The number of ether oxygens (including phenoxy) is 3. The predicted octanol–water partition coefficient (Wildman–Crippen LogP) is 3.49. The molecule has 0 aromatic heterocycles. The second-order valence-electron chi connectivity index (χ2n) is 8.06. The molecule has 184 valence electrons. The van der Waals surface area contributed by atoms with E-state index in [9.17, 15) is 13.2 Å². The van der Waals surface area contributed by atoms with Gasteiger partial charge in [0.05, 0.1) is 31.9 Å². The van der Waals surface area contributed by atoms with Crippen molar-refractivity contribution in [1.82, 2.24) is 4.90 Å². The van der Waals surface area contributed by atoms with Gasteiger partial charge in [0.1, 0.15) is 12.3 Å². The van der Waals surface area contributed by atoms with E-state index in [2.05, 4.69) is 0 Å². The van der Waals surface area contributed by atoms with Gasteiger partial charge in [-0.25, -0.2) is 8.42 Å². The monoisotopic (exact) mass is 496 g/mol. The minimum atomic E-state index is -3.98. The van der Waals surface area contributed by atoms with Gasteiger partial charge in [-0.15, -0.1) is 0 Å². The maximum atomic E-state index is 13.6. The molecule has 0 fully saturated rings. The Bertz CT molecular complexity index is 1290. The van der Waals surface area contributed by atoms with Crippen molar-refractivity contribution in [3.8, 4) is 17.2 Å². The van der Waals surface area contributed by atoms with Crippen LogP contribution in [0.15, 0.2) is 71.6 Å². The number of hydrogen-bond donors (Lipinski definition) is 0. The van der Waals surface area contributed by atoms with Gasteiger partial charge < -0.3 is 19.1 Å². The lowest BCUT2D eigenvalue weighted by Crippen LogP contribution is -2.44. The lowest BCUT2D eigenvalue weighted by atomic mass is 9.98. The van der Waals surface area contributed by atoms with E-state index in [1.165, 1.54) is 19.2 Å². The van der Waals surface area contributed by atoms with Crippen LogP contribution in [0.3, 0.4) is 0 Å². The molecule has 3 aromatic rings. The van der Waals surface area contributed by atoms with Crippen molar-refractivity contribution in [1.29, 1.82) is 0 Å². The summed E-state index contributed by atoms with van der Waals surface area (Å²) in [6, 6.07) is 18.5. The topological polar surface area (TPSA) is 85.4 Å². The average Bonchev–Trinajstić information content (AvgIpc) is 2.90. The Morgan fingerprint density at radius 2 is 1.51 bits per heavy atom. The molecule has 0 aliphatic carbocycles. The Labute approximate surface area is 205 Å². The van der Waals surface area contributed by atoms with Gasteiger partial charge in [0.2, 0.25) is 5.91 Å². The summed E-state index contributed by atoms with van der Waals surface area (Å²) in [6.07, 6.45) is 0.634. The molecular formula is C26H28N2O6S. The molecule has 1 heterocycles. The third-order valence-electron chi connectivity index (χ3n) is 6.04. The molecule has 0 N–H and O–H groups in total. The summed E-state index contributed by atoms with van der Waals surface area (Å²) in [6.45, 7) is 0.506. The van der Waals surface area contributed by atoms with Gasteiger partial charge in [-0.1, -0.05) is 18.2 Å². The van der Waals surface area contributed by atoms with Gasteiger partial charge in [-0.2, -0.15) is 0 Å². The van der Waals surface area contributed by atoms with Crippen molar-refractivity contribution in [2.45, 2.75) is 17.9 Å². The van der Waals surface area contributed by atoms with Crippen LogP contribution in [0.4, 0.5) is 5.69 Å². The van der Waals surface area contributed by atoms with E-state index < -0.39 is 10.0 Å². The van der Waals surface area contributed by atoms with E-state index in [0.29, 0.717) is 42.4 Å². The maximum absolute atomic E-state index is 13.6.